The first kappa shape index (κ1) is 13.4. The van der Waals surface area contributed by atoms with E-state index in [1.807, 2.05) is 0 Å². The molecule has 0 aromatic heterocycles. The topological polar surface area (TPSA) is 52.0 Å². The minimum Gasteiger partial charge on any atom is -0.327 e. The third-order valence-electron chi connectivity index (χ3n) is 5.36. The maximum atomic E-state index is 6.10. The Morgan fingerprint density at radius 1 is 0.765 bits per heavy atom. The van der Waals surface area contributed by atoms with Crippen LogP contribution in [-0.4, -0.2) is 12.1 Å². The normalized spacial score (nSPS) is 48.0. The molecule has 0 bridgehead atoms. The van der Waals surface area contributed by atoms with Gasteiger partial charge < -0.3 is 11.5 Å². The fourth-order valence-corrected chi connectivity index (χ4v) is 3.96. The fraction of sp³-hybridized carbons (Fsp3) is 1.00. The zero-order valence-electron chi connectivity index (χ0n) is 11.6. The Morgan fingerprint density at radius 2 is 1.18 bits per heavy atom. The van der Waals surface area contributed by atoms with Gasteiger partial charge in [0.2, 0.25) is 0 Å². The van der Waals surface area contributed by atoms with Gasteiger partial charge >= 0.3 is 0 Å². The summed E-state index contributed by atoms with van der Waals surface area (Å²) >= 11 is 0. The maximum Gasteiger partial charge on any atom is 0.00647 e. The lowest BCUT2D eigenvalue weighted by atomic mass is 9.71. The summed E-state index contributed by atoms with van der Waals surface area (Å²) in [6, 6.07) is 0.926. The highest BCUT2D eigenvalue weighted by atomic mass is 14.7. The molecule has 2 aliphatic carbocycles. The molecule has 0 aromatic carbocycles. The Bertz CT molecular complexity index is 217. The van der Waals surface area contributed by atoms with Gasteiger partial charge in [0.15, 0.2) is 0 Å². The van der Waals surface area contributed by atoms with Crippen LogP contribution in [0.25, 0.3) is 0 Å². The van der Waals surface area contributed by atoms with Gasteiger partial charge in [0.05, 0.1) is 0 Å². The Balaban J connectivity index is 1.78. The van der Waals surface area contributed by atoms with Crippen molar-refractivity contribution in [1.29, 1.82) is 0 Å². The average Bonchev–Trinajstić information content (AvgIpc) is 2.29. The molecule has 0 aliphatic heterocycles. The van der Waals surface area contributed by atoms with Gasteiger partial charge in [0.1, 0.15) is 0 Å². The molecular weight excluding hydrogens is 208 g/mol. The quantitative estimate of drug-likeness (QED) is 0.777. The minimum absolute atomic E-state index is 0.463. The summed E-state index contributed by atoms with van der Waals surface area (Å²) in [5.41, 5.74) is 12.2. The van der Waals surface area contributed by atoms with Crippen LogP contribution in [0, 0.1) is 23.7 Å². The largest absolute Gasteiger partial charge is 0.327 e. The van der Waals surface area contributed by atoms with E-state index in [2.05, 4.69) is 13.8 Å². The van der Waals surface area contributed by atoms with Gasteiger partial charge in [0.25, 0.3) is 0 Å². The van der Waals surface area contributed by atoms with Crippen molar-refractivity contribution in [3.05, 3.63) is 0 Å². The summed E-state index contributed by atoms with van der Waals surface area (Å²) in [5.74, 6) is 3.35. The van der Waals surface area contributed by atoms with Crippen LogP contribution in [0.2, 0.25) is 0 Å². The molecule has 3 unspecified atom stereocenters. The Kier molecular flexibility index (Phi) is 4.48. The smallest absolute Gasteiger partial charge is 0.00647 e. The number of rotatable bonds is 2. The molecular formula is C15H30N2. The Morgan fingerprint density at radius 3 is 1.53 bits per heavy atom. The van der Waals surface area contributed by atoms with E-state index in [4.69, 9.17) is 11.5 Å². The summed E-state index contributed by atoms with van der Waals surface area (Å²) in [7, 11) is 0. The monoisotopic (exact) mass is 238 g/mol. The molecule has 4 N–H and O–H groups in total. The SMILES string of the molecule is CC1C[C@H](C[C@H]2CC[C@@H](N)C(C)C2)CCC1N. The maximum absolute atomic E-state index is 6.10. The van der Waals surface area contributed by atoms with Gasteiger partial charge in [-0.05, 0) is 68.6 Å². The highest BCUT2D eigenvalue weighted by Gasteiger charge is 2.30. The molecule has 0 radical (unpaired) electrons. The fourth-order valence-electron chi connectivity index (χ4n) is 3.96. The molecule has 2 rings (SSSR count). The van der Waals surface area contributed by atoms with E-state index in [9.17, 15) is 0 Å². The van der Waals surface area contributed by atoms with E-state index in [1.54, 1.807) is 0 Å². The van der Waals surface area contributed by atoms with Gasteiger partial charge in [-0.1, -0.05) is 13.8 Å². The van der Waals surface area contributed by atoms with E-state index in [1.165, 1.54) is 44.9 Å². The first-order valence-electron chi connectivity index (χ1n) is 7.57. The second-order valence-electron chi connectivity index (χ2n) is 6.88. The van der Waals surface area contributed by atoms with Crippen LogP contribution in [0.5, 0.6) is 0 Å². The second kappa shape index (κ2) is 5.71. The molecule has 0 heterocycles. The first-order chi connectivity index (χ1) is 8.06. The summed E-state index contributed by atoms with van der Waals surface area (Å²) in [6.07, 6.45) is 9.37. The van der Waals surface area contributed by atoms with Crippen LogP contribution in [0.1, 0.15) is 58.8 Å². The summed E-state index contributed by atoms with van der Waals surface area (Å²) < 4.78 is 0. The van der Waals surface area contributed by atoms with Crippen LogP contribution >= 0.6 is 0 Å². The van der Waals surface area contributed by atoms with E-state index >= 15 is 0 Å². The minimum atomic E-state index is 0.463. The molecule has 2 fully saturated rings. The first-order valence-corrected chi connectivity index (χ1v) is 7.57. The predicted octanol–water partition coefficient (Wildman–Crippen LogP) is 2.90. The third-order valence-corrected chi connectivity index (χ3v) is 5.36. The van der Waals surface area contributed by atoms with Crippen molar-refractivity contribution in [1.82, 2.24) is 0 Å². The number of nitrogens with two attached hydrogens (primary N) is 2. The summed E-state index contributed by atoms with van der Waals surface area (Å²) in [4.78, 5) is 0. The van der Waals surface area contributed by atoms with Gasteiger partial charge in [-0.25, -0.2) is 0 Å². The molecule has 6 atom stereocenters. The van der Waals surface area contributed by atoms with Crippen LogP contribution in [0.3, 0.4) is 0 Å². The zero-order chi connectivity index (χ0) is 12.4. The molecule has 17 heavy (non-hydrogen) atoms. The van der Waals surface area contributed by atoms with Gasteiger partial charge in [-0.15, -0.1) is 0 Å². The molecule has 0 aromatic rings. The molecule has 2 aliphatic rings. The highest BCUT2D eigenvalue weighted by Crippen LogP contribution is 2.38. The van der Waals surface area contributed by atoms with Crippen LogP contribution < -0.4 is 11.5 Å². The lowest BCUT2D eigenvalue weighted by Gasteiger charge is -2.37. The van der Waals surface area contributed by atoms with Gasteiger partial charge in [-0.3, -0.25) is 0 Å². The molecule has 100 valence electrons. The lowest BCUT2D eigenvalue weighted by Crippen LogP contribution is -2.37. The standard InChI is InChI=1S/C15H30N2/c1-10-7-12(3-5-14(10)16)9-13-4-6-15(17)11(2)8-13/h10-15H,3-9,16-17H2,1-2H3/t10?,11?,12-,13+,14+,15?/m0/s1. The van der Waals surface area contributed by atoms with Crippen molar-refractivity contribution in [2.45, 2.75) is 70.9 Å². The van der Waals surface area contributed by atoms with E-state index in [-0.39, 0.29) is 0 Å². The summed E-state index contributed by atoms with van der Waals surface area (Å²) in [6.45, 7) is 4.66. The van der Waals surface area contributed by atoms with Gasteiger partial charge in [-0.2, -0.15) is 0 Å². The molecule has 0 amide bonds. The second-order valence-corrected chi connectivity index (χ2v) is 6.88. The van der Waals surface area contributed by atoms with Crippen molar-refractivity contribution in [3.63, 3.8) is 0 Å². The molecule has 0 spiro atoms. The molecule has 2 heteroatoms. The molecule has 2 saturated carbocycles. The van der Waals surface area contributed by atoms with Crippen LogP contribution in [-0.2, 0) is 0 Å². The highest BCUT2D eigenvalue weighted by molar-refractivity contribution is 4.85. The van der Waals surface area contributed by atoms with Crippen molar-refractivity contribution in [2.24, 2.45) is 35.1 Å². The zero-order valence-corrected chi connectivity index (χ0v) is 11.6. The number of hydrogen-bond acceptors (Lipinski definition) is 2. The Hall–Kier alpha value is -0.0800. The van der Waals surface area contributed by atoms with Crippen molar-refractivity contribution in [3.8, 4) is 0 Å². The summed E-state index contributed by atoms with van der Waals surface area (Å²) in [5, 5.41) is 0. The van der Waals surface area contributed by atoms with Crippen molar-refractivity contribution >= 4 is 0 Å². The van der Waals surface area contributed by atoms with Crippen LogP contribution in [0.4, 0.5) is 0 Å². The average molecular weight is 238 g/mol. The van der Waals surface area contributed by atoms with Crippen LogP contribution in [0.15, 0.2) is 0 Å². The lowest BCUT2D eigenvalue weighted by molar-refractivity contribution is 0.169. The molecule has 0 saturated heterocycles. The van der Waals surface area contributed by atoms with Gasteiger partial charge in [0, 0.05) is 12.1 Å². The van der Waals surface area contributed by atoms with E-state index in [0.29, 0.717) is 12.1 Å². The Labute approximate surface area is 107 Å². The third kappa shape index (κ3) is 3.45. The number of hydrogen-bond donors (Lipinski definition) is 2. The van der Waals surface area contributed by atoms with Crippen molar-refractivity contribution in [2.75, 3.05) is 0 Å². The van der Waals surface area contributed by atoms with E-state index in [0.717, 1.165) is 23.7 Å². The van der Waals surface area contributed by atoms with Crippen molar-refractivity contribution < 1.29 is 0 Å². The van der Waals surface area contributed by atoms with E-state index < -0.39 is 0 Å². The predicted molar refractivity (Wildman–Crippen MR) is 73.6 cm³/mol. The molecule has 2 nitrogen and oxygen atoms in total.